The third-order valence-electron chi connectivity index (χ3n) is 1.42. The molecular weight excluding hydrogens is 160 g/mol. The monoisotopic (exact) mass is 170 g/mol. The topological polar surface area (TPSA) is 79.7 Å². The predicted octanol–water partition coefficient (Wildman–Crippen LogP) is 0.713. The van der Waals surface area contributed by atoms with Crippen LogP contribution in [0.4, 0.5) is 5.69 Å². The van der Waals surface area contributed by atoms with E-state index in [2.05, 4.69) is 0 Å². The highest BCUT2D eigenvalue weighted by Crippen LogP contribution is 2.13. The van der Waals surface area contributed by atoms with E-state index in [0.29, 0.717) is 5.06 Å². The summed E-state index contributed by atoms with van der Waals surface area (Å²) in [5.74, 6) is -0.653. The molecule has 1 aromatic heterocycles. The number of nitrogen functional groups attached to an aromatic ring is 1. The summed E-state index contributed by atoms with van der Waals surface area (Å²) in [6, 6.07) is 1.46. The number of hydrogen-bond donors (Lipinski definition) is 2. The molecule has 1 heterocycles. The van der Waals surface area contributed by atoms with Crippen LogP contribution in [0, 0.1) is 0 Å². The number of furan rings is 1. The van der Waals surface area contributed by atoms with Gasteiger partial charge in [0.2, 0.25) is 5.76 Å². The van der Waals surface area contributed by atoms with Crippen LogP contribution >= 0.6 is 0 Å². The summed E-state index contributed by atoms with van der Waals surface area (Å²) in [6.45, 7) is 1.83. The maximum Gasteiger partial charge on any atom is 0.315 e. The van der Waals surface area contributed by atoms with E-state index < -0.39 is 5.91 Å². The standard InChI is InChI=1S/C7H10N2O3/c1-2-9(11)7(10)6-5(8)3-4-12-6/h3-4,11H,2,8H2,1H3. The molecule has 5 nitrogen and oxygen atoms in total. The number of amides is 1. The van der Waals surface area contributed by atoms with Gasteiger partial charge in [-0.05, 0) is 6.92 Å². The SMILES string of the molecule is CCN(O)C(=O)c1occc1N. The van der Waals surface area contributed by atoms with E-state index in [0.717, 1.165) is 0 Å². The second-order valence-electron chi connectivity index (χ2n) is 2.23. The molecule has 3 N–H and O–H groups in total. The molecule has 12 heavy (non-hydrogen) atoms. The first-order chi connectivity index (χ1) is 5.66. The Balaban J connectivity index is 2.85. The molecule has 0 radical (unpaired) electrons. The summed E-state index contributed by atoms with van der Waals surface area (Å²) in [5.41, 5.74) is 5.61. The number of nitrogens with zero attached hydrogens (tertiary/aromatic N) is 1. The molecule has 0 bridgehead atoms. The summed E-state index contributed by atoms with van der Waals surface area (Å²) < 4.78 is 4.77. The van der Waals surface area contributed by atoms with Crippen LogP contribution in [-0.4, -0.2) is 22.7 Å². The van der Waals surface area contributed by atoms with Gasteiger partial charge in [0.15, 0.2) is 0 Å². The van der Waals surface area contributed by atoms with Crippen LogP contribution in [-0.2, 0) is 0 Å². The molecule has 1 amide bonds. The number of carbonyl (C=O) groups excluding carboxylic acids is 1. The minimum Gasteiger partial charge on any atom is -0.457 e. The van der Waals surface area contributed by atoms with Crippen molar-refractivity contribution in [1.29, 1.82) is 0 Å². The lowest BCUT2D eigenvalue weighted by Gasteiger charge is -2.09. The zero-order valence-electron chi connectivity index (χ0n) is 6.65. The Bertz CT molecular complexity index is 282. The Morgan fingerprint density at radius 1 is 1.83 bits per heavy atom. The Labute approximate surface area is 69.3 Å². The molecule has 1 rings (SSSR count). The van der Waals surface area contributed by atoms with Gasteiger partial charge < -0.3 is 10.2 Å². The largest absolute Gasteiger partial charge is 0.457 e. The quantitative estimate of drug-likeness (QED) is 0.506. The molecule has 0 unspecified atom stereocenters. The number of hydroxylamine groups is 2. The van der Waals surface area contributed by atoms with Gasteiger partial charge in [0.25, 0.3) is 0 Å². The second kappa shape index (κ2) is 3.27. The lowest BCUT2D eigenvalue weighted by Crippen LogP contribution is -2.27. The van der Waals surface area contributed by atoms with E-state index in [1.807, 2.05) is 0 Å². The predicted molar refractivity (Wildman–Crippen MR) is 41.6 cm³/mol. The molecule has 0 saturated carbocycles. The minimum absolute atomic E-state index is 0.0284. The van der Waals surface area contributed by atoms with Crippen LogP contribution < -0.4 is 5.73 Å². The molecule has 1 aromatic rings. The highest BCUT2D eigenvalue weighted by Gasteiger charge is 2.17. The molecule has 0 aliphatic rings. The number of anilines is 1. The molecule has 0 atom stereocenters. The first-order valence-electron chi connectivity index (χ1n) is 3.50. The molecule has 5 heteroatoms. The van der Waals surface area contributed by atoms with E-state index in [1.165, 1.54) is 12.3 Å². The van der Waals surface area contributed by atoms with Gasteiger partial charge in [-0.25, -0.2) is 5.06 Å². The van der Waals surface area contributed by atoms with Gasteiger partial charge >= 0.3 is 5.91 Å². The Hall–Kier alpha value is -1.49. The normalized spacial score (nSPS) is 9.83. The maximum atomic E-state index is 11.2. The third-order valence-corrected chi connectivity index (χ3v) is 1.42. The van der Waals surface area contributed by atoms with Crippen LogP contribution in [0.2, 0.25) is 0 Å². The van der Waals surface area contributed by atoms with Crippen molar-refractivity contribution in [3.8, 4) is 0 Å². The molecule has 0 saturated heterocycles. The van der Waals surface area contributed by atoms with Crippen LogP contribution in [0.5, 0.6) is 0 Å². The fraction of sp³-hybridized carbons (Fsp3) is 0.286. The fourth-order valence-electron chi connectivity index (χ4n) is 0.754. The van der Waals surface area contributed by atoms with Crippen LogP contribution in [0.1, 0.15) is 17.5 Å². The van der Waals surface area contributed by atoms with Crippen molar-refractivity contribution in [2.75, 3.05) is 12.3 Å². The molecule has 0 aromatic carbocycles. The zero-order chi connectivity index (χ0) is 9.14. The van der Waals surface area contributed by atoms with Crippen molar-refractivity contribution >= 4 is 11.6 Å². The van der Waals surface area contributed by atoms with Gasteiger partial charge in [0, 0.05) is 12.6 Å². The summed E-state index contributed by atoms with van der Waals surface area (Å²) in [5, 5.41) is 9.53. The zero-order valence-corrected chi connectivity index (χ0v) is 6.65. The van der Waals surface area contributed by atoms with Gasteiger partial charge in [0.05, 0.1) is 12.0 Å². The maximum absolute atomic E-state index is 11.2. The first kappa shape index (κ1) is 8.61. The van der Waals surface area contributed by atoms with Crippen LogP contribution in [0.3, 0.4) is 0 Å². The Morgan fingerprint density at radius 3 is 2.92 bits per heavy atom. The number of nitrogens with two attached hydrogens (primary N) is 1. The highest BCUT2D eigenvalue weighted by molar-refractivity contribution is 5.95. The molecule has 66 valence electrons. The highest BCUT2D eigenvalue weighted by atomic mass is 16.5. The van der Waals surface area contributed by atoms with Gasteiger partial charge in [-0.15, -0.1) is 0 Å². The van der Waals surface area contributed by atoms with Crippen LogP contribution in [0.25, 0.3) is 0 Å². The van der Waals surface area contributed by atoms with Gasteiger partial charge in [0.1, 0.15) is 0 Å². The minimum atomic E-state index is -0.625. The van der Waals surface area contributed by atoms with Crippen molar-refractivity contribution in [3.63, 3.8) is 0 Å². The van der Waals surface area contributed by atoms with E-state index in [1.54, 1.807) is 6.92 Å². The van der Waals surface area contributed by atoms with Crippen molar-refractivity contribution in [2.45, 2.75) is 6.92 Å². The van der Waals surface area contributed by atoms with Crippen molar-refractivity contribution < 1.29 is 14.4 Å². The molecular formula is C7H10N2O3. The van der Waals surface area contributed by atoms with Gasteiger partial charge in [-0.2, -0.15) is 0 Å². The van der Waals surface area contributed by atoms with E-state index in [9.17, 15) is 4.79 Å². The average molecular weight is 170 g/mol. The summed E-state index contributed by atoms with van der Waals surface area (Å²) in [4.78, 5) is 11.2. The smallest absolute Gasteiger partial charge is 0.315 e. The molecule has 0 aliphatic carbocycles. The third kappa shape index (κ3) is 1.40. The van der Waals surface area contributed by atoms with Crippen molar-refractivity contribution in [2.24, 2.45) is 0 Å². The summed E-state index contributed by atoms with van der Waals surface area (Å²) >= 11 is 0. The number of hydrogen-bond acceptors (Lipinski definition) is 4. The lowest BCUT2D eigenvalue weighted by atomic mass is 10.3. The number of carbonyl (C=O) groups is 1. The molecule has 0 aliphatic heterocycles. The lowest BCUT2D eigenvalue weighted by molar-refractivity contribution is -0.0560. The van der Waals surface area contributed by atoms with Gasteiger partial charge in [-0.1, -0.05) is 0 Å². The first-order valence-corrected chi connectivity index (χ1v) is 3.50. The Morgan fingerprint density at radius 2 is 2.50 bits per heavy atom. The second-order valence-corrected chi connectivity index (χ2v) is 2.23. The fourth-order valence-corrected chi connectivity index (χ4v) is 0.754. The molecule has 0 spiro atoms. The van der Waals surface area contributed by atoms with E-state index in [-0.39, 0.29) is 18.0 Å². The Kier molecular flexibility index (Phi) is 2.35. The van der Waals surface area contributed by atoms with E-state index >= 15 is 0 Å². The van der Waals surface area contributed by atoms with E-state index in [4.69, 9.17) is 15.4 Å². The molecule has 0 fully saturated rings. The van der Waals surface area contributed by atoms with Crippen molar-refractivity contribution in [3.05, 3.63) is 18.1 Å². The summed E-state index contributed by atoms with van der Waals surface area (Å²) in [6.07, 6.45) is 1.30. The van der Waals surface area contributed by atoms with Crippen LogP contribution in [0.15, 0.2) is 16.7 Å². The summed E-state index contributed by atoms with van der Waals surface area (Å²) in [7, 11) is 0. The number of rotatable bonds is 2. The van der Waals surface area contributed by atoms with Gasteiger partial charge in [-0.3, -0.25) is 10.0 Å². The van der Waals surface area contributed by atoms with Crippen molar-refractivity contribution in [1.82, 2.24) is 5.06 Å². The average Bonchev–Trinajstić information content (AvgIpc) is 2.48.